The summed E-state index contributed by atoms with van der Waals surface area (Å²) < 4.78 is 5.97. The number of aromatic nitrogens is 1. The van der Waals surface area contributed by atoms with Gasteiger partial charge in [0, 0.05) is 13.1 Å². The topological polar surface area (TPSA) is 86.8 Å². The predicted molar refractivity (Wildman–Crippen MR) is 133 cm³/mol. The monoisotopic (exact) mass is 465 g/mol. The van der Waals surface area contributed by atoms with E-state index in [0.717, 1.165) is 56.8 Å². The van der Waals surface area contributed by atoms with Crippen molar-refractivity contribution >= 4 is 23.3 Å². The van der Waals surface area contributed by atoms with Crippen molar-refractivity contribution in [1.29, 1.82) is 0 Å². The Morgan fingerprint density at radius 3 is 2.71 bits per heavy atom. The lowest BCUT2D eigenvalue weighted by Gasteiger charge is -2.23. The van der Waals surface area contributed by atoms with Gasteiger partial charge in [0.25, 0.3) is 5.91 Å². The number of para-hydroxylation sites is 2. The number of hydrogen-bond donors (Lipinski definition) is 2. The molecule has 1 aromatic carbocycles. The average Bonchev–Trinajstić information content (AvgIpc) is 3.37. The summed E-state index contributed by atoms with van der Waals surface area (Å²) in [4.78, 5) is 34.5. The molecular weight excluding hydrogens is 430 g/mol. The van der Waals surface area contributed by atoms with Crippen LogP contribution < -0.4 is 15.4 Å². The first kappa shape index (κ1) is 24.0. The van der Waals surface area contributed by atoms with E-state index in [9.17, 15) is 9.59 Å². The molecule has 0 radical (unpaired) electrons. The number of fused-ring (bicyclic) bond motifs is 3. The van der Waals surface area contributed by atoms with Gasteiger partial charge in [0.05, 0.1) is 18.8 Å². The minimum atomic E-state index is -0.225. The number of rotatable bonds is 6. The standard InChI is InChI=1S/C26H35N5O3/c32-25(27-14-9-17-30-15-5-6-16-30)20-31-18-4-1-7-19-34-23-12-3-2-10-21(23)28-24-13-8-11-22(29-24)26(31)33/h2-3,8,10-13H,1,4-7,9,14-20H2,(H,27,32)(H,28,29). The van der Waals surface area contributed by atoms with Crippen LogP contribution in [-0.2, 0) is 4.79 Å². The molecule has 0 aliphatic carbocycles. The summed E-state index contributed by atoms with van der Waals surface area (Å²) in [5.41, 5.74) is 1.13. The molecule has 2 bridgehead atoms. The van der Waals surface area contributed by atoms with Gasteiger partial charge in [0.2, 0.25) is 5.91 Å². The van der Waals surface area contributed by atoms with E-state index < -0.39 is 0 Å². The molecule has 0 unspecified atom stereocenters. The summed E-state index contributed by atoms with van der Waals surface area (Å²) in [5, 5.41) is 6.24. The van der Waals surface area contributed by atoms with E-state index in [-0.39, 0.29) is 18.4 Å². The van der Waals surface area contributed by atoms with Crippen LogP contribution in [0.25, 0.3) is 0 Å². The Morgan fingerprint density at radius 2 is 1.82 bits per heavy atom. The number of benzene rings is 1. The van der Waals surface area contributed by atoms with Crippen molar-refractivity contribution in [2.45, 2.75) is 38.5 Å². The van der Waals surface area contributed by atoms with Crippen molar-refractivity contribution in [3.63, 3.8) is 0 Å². The van der Waals surface area contributed by atoms with Gasteiger partial charge in [-0.25, -0.2) is 4.98 Å². The van der Waals surface area contributed by atoms with Gasteiger partial charge in [-0.2, -0.15) is 0 Å². The molecule has 2 aliphatic heterocycles. The molecule has 3 heterocycles. The highest BCUT2D eigenvalue weighted by atomic mass is 16.5. The first-order chi connectivity index (χ1) is 16.7. The fourth-order valence-electron chi connectivity index (χ4n) is 4.40. The van der Waals surface area contributed by atoms with Gasteiger partial charge < -0.3 is 25.2 Å². The van der Waals surface area contributed by atoms with E-state index in [1.807, 2.05) is 30.3 Å². The third kappa shape index (κ3) is 6.93. The second-order valence-electron chi connectivity index (χ2n) is 8.92. The maximum atomic E-state index is 13.3. The second kappa shape index (κ2) is 12.4. The molecule has 1 fully saturated rings. The molecular formula is C26H35N5O3. The number of pyridine rings is 1. The van der Waals surface area contributed by atoms with Gasteiger partial charge in [-0.3, -0.25) is 9.59 Å². The highest BCUT2D eigenvalue weighted by Crippen LogP contribution is 2.27. The van der Waals surface area contributed by atoms with Crippen molar-refractivity contribution in [2.75, 3.05) is 51.2 Å². The molecule has 8 nitrogen and oxygen atoms in total. The summed E-state index contributed by atoms with van der Waals surface area (Å²) in [6, 6.07) is 13.0. The number of anilines is 2. The fourth-order valence-corrected chi connectivity index (χ4v) is 4.40. The van der Waals surface area contributed by atoms with E-state index in [2.05, 4.69) is 20.5 Å². The van der Waals surface area contributed by atoms with Crippen LogP contribution in [0.3, 0.4) is 0 Å². The van der Waals surface area contributed by atoms with Crippen LogP contribution in [0.4, 0.5) is 11.5 Å². The van der Waals surface area contributed by atoms with Gasteiger partial charge in [-0.1, -0.05) is 18.2 Å². The molecule has 2 N–H and O–H groups in total. The zero-order valence-electron chi connectivity index (χ0n) is 19.8. The molecule has 1 aromatic heterocycles. The van der Waals surface area contributed by atoms with E-state index in [0.29, 0.717) is 31.2 Å². The van der Waals surface area contributed by atoms with Gasteiger partial charge in [-0.05, 0) is 82.4 Å². The molecule has 34 heavy (non-hydrogen) atoms. The minimum absolute atomic E-state index is 0.0429. The molecule has 0 saturated carbocycles. The lowest BCUT2D eigenvalue weighted by Crippen LogP contribution is -2.42. The number of amides is 2. The minimum Gasteiger partial charge on any atom is -0.491 e. The lowest BCUT2D eigenvalue weighted by atomic mass is 10.2. The molecule has 8 heteroatoms. The lowest BCUT2D eigenvalue weighted by molar-refractivity contribution is -0.121. The summed E-state index contributed by atoms with van der Waals surface area (Å²) in [5.74, 6) is 0.978. The Kier molecular flexibility index (Phi) is 8.73. The fraction of sp³-hybridized carbons (Fsp3) is 0.500. The van der Waals surface area contributed by atoms with E-state index in [1.54, 1.807) is 17.0 Å². The Morgan fingerprint density at radius 1 is 1.00 bits per heavy atom. The van der Waals surface area contributed by atoms with E-state index in [4.69, 9.17) is 4.74 Å². The number of ether oxygens (including phenoxy) is 1. The van der Waals surface area contributed by atoms with Crippen LogP contribution in [0, 0.1) is 0 Å². The van der Waals surface area contributed by atoms with Crippen molar-refractivity contribution in [2.24, 2.45) is 0 Å². The van der Waals surface area contributed by atoms with Crippen LogP contribution in [0.2, 0.25) is 0 Å². The van der Waals surface area contributed by atoms with Crippen LogP contribution in [-0.4, -0.2) is 72.5 Å². The normalized spacial score (nSPS) is 17.3. The summed E-state index contributed by atoms with van der Waals surface area (Å²) in [7, 11) is 0. The number of nitrogens with one attached hydrogen (secondary N) is 2. The number of carbonyl (C=O) groups is 2. The number of carbonyl (C=O) groups excluding carboxylic acids is 2. The molecule has 0 atom stereocenters. The molecule has 1 saturated heterocycles. The highest BCUT2D eigenvalue weighted by Gasteiger charge is 2.21. The van der Waals surface area contributed by atoms with Gasteiger partial charge >= 0.3 is 0 Å². The van der Waals surface area contributed by atoms with Crippen LogP contribution in [0.1, 0.15) is 49.0 Å². The first-order valence-corrected chi connectivity index (χ1v) is 12.4. The Hall–Kier alpha value is -3.13. The summed E-state index contributed by atoms with van der Waals surface area (Å²) in [6.07, 6.45) is 6.06. The predicted octanol–water partition coefficient (Wildman–Crippen LogP) is 3.43. The van der Waals surface area contributed by atoms with Gasteiger partial charge in [0.15, 0.2) is 0 Å². The third-order valence-electron chi connectivity index (χ3n) is 6.24. The smallest absolute Gasteiger partial charge is 0.273 e. The molecule has 2 aliphatic rings. The quantitative estimate of drug-likeness (QED) is 0.636. The number of nitrogens with zero attached hydrogens (tertiary/aromatic N) is 3. The van der Waals surface area contributed by atoms with Crippen molar-refractivity contribution in [3.8, 4) is 5.75 Å². The molecule has 2 aromatic rings. The van der Waals surface area contributed by atoms with Gasteiger partial charge in [-0.15, -0.1) is 0 Å². The van der Waals surface area contributed by atoms with Crippen molar-refractivity contribution < 1.29 is 14.3 Å². The van der Waals surface area contributed by atoms with Crippen molar-refractivity contribution in [1.82, 2.24) is 20.1 Å². The zero-order valence-corrected chi connectivity index (χ0v) is 19.8. The van der Waals surface area contributed by atoms with Crippen LogP contribution in [0.15, 0.2) is 42.5 Å². The third-order valence-corrected chi connectivity index (χ3v) is 6.24. The Bertz CT molecular complexity index is 961. The highest BCUT2D eigenvalue weighted by molar-refractivity contribution is 5.95. The van der Waals surface area contributed by atoms with Crippen LogP contribution in [0.5, 0.6) is 5.75 Å². The van der Waals surface area contributed by atoms with E-state index >= 15 is 0 Å². The van der Waals surface area contributed by atoms with Crippen molar-refractivity contribution in [3.05, 3.63) is 48.2 Å². The largest absolute Gasteiger partial charge is 0.491 e. The zero-order chi connectivity index (χ0) is 23.6. The summed E-state index contributed by atoms with van der Waals surface area (Å²) in [6.45, 7) is 5.11. The second-order valence-corrected chi connectivity index (χ2v) is 8.92. The summed E-state index contributed by atoms with van der Waals surface area (Å²) >= 11 is 0. The maximum absolute atomic E-state index is 13.3. The molecule has 0 spiro atoms. The first-order valence-electron chi connectivity index (χ1n) is 12.4. The van der Waals surface area contributed by atoms with Gasteiger partial charge in [0.1, 0.15) is 17.3 Å². The SMILES string of the molecule is O=C(CN1CCCCCOc2ccccc2Nc2cccc(n2)C1=O)NCCCN1CCCC1. The Balaban J connectivity index is 1.40. The van der Waals surface area contributed by atoms with E-state index in [1.165, 1.54) is 12.8 Å². The number of hydrogen-bond acceptors (Lipinski definition) is 6. The Labute approximate surface area is 201 Å². The van der Waals surface area contributed by atoms with Crippen LogP contribution >= 0.6 is 0 Å². The average molecular weight is 466 g/mol. The molecule has 182 valence electrons. The number of likely N-dealkylation sites (tertiary alicyclic amines) is 1. The maximum Gasteiger partial charge on any atom is 0.273 e. The molecule has 2 amide bonds. The molecule has 4 rings (SSSR count).